The second-order valence-electron chi connectivity index (χ2n) is 8.04. The number of nitrogens with one attached hydrogen (secondary N) is 2. The fourth-order valence-electron chi connectivity index (χ4n) is 3.57. The van der Waals surface area contributed by atoms with Crippen LogP contribution in [0.15, 0.2) is 46.6 Å². The Hall–Kier alpha value is -3.09. The van der Waals surface area contributed by atoms with Crippen LogP contribution in [0.2, 0.25) is 0 Å². The molecule has 10 nitrogen and oxygen atoms in total. The summed E-state index contributed by atoms with van der Waals surface area (Å²) in [5.41, 5.74) is 1.90. The molecule has 0 spiro atoms. The minimum absolute atomic E-state index is 0.0170. The molecule has 3 heterocycles. The minimum Gasteiger partial charge on any atom is -0.389 e. The van der Waals surface area contributed by atoms with Gasteiger partial charge >= 0.3 is 0 Å². The van der Waals surface area contributed by atoms with Gasteiger partial charge in [-0.25, -0.2) is 18.4 Å². The van der Waals surface area contributed by atoms with Gasteiger partial charge in [0.2, 0.25) is 0 Å². The molecule has 0 unspecified atom stereocenters. The van der Waals surface area contributed by atoms with Crippen LogP contribution in [0.3, 0.4) is 0 Å². The van der Waals surface area contributed by atoms with Crippen molar-refractivity contribution >= 4 is 54.0 Å². The third-order valence-corrected chi connectivity index (χ3v) is 8.76. The van der Waals surface area contributed by atoms with Crippen molar-refractivity contribution < 1.29 is 22.8 Å². The molecule has 1 atom stereocenters. The van der Waals surface area contributed by atoms with Gasteiger partial charge in [0.1, 0.15) is 10.3 Å². The Balaban J connectivity index is 1.42. The lowest BCUT2D eigenvalue weighted by Gasteiger charge is -2.10. The third kappa shape index (κ3) is 4.61. The van der Waals surface area contributed by atoms with E-state index in [0.717, 1.165) is 5.69 Å². The smallest absolute Gasteiger partial charge is 0.280 e. The molecule has 178 valence electrons. The molecule has 1 aromatic carbocycles. The fourth-order valence-corrected chi connectivity index (χ4v) is 6.05. The molecule has 34 heavy (non-hydrogen) atoms. The van der Waals surface area contributed by atoms with Crippen LogP contribution in [-0.2, 0) is 24.2 Å². The number of ether oxygens (including phenoxy) is 1. The second kappa shape index (κ2) is 9.28. The molecule has 1 aliphatic carbocycles. The Morgan fingerprint density at radius 1 is 1.21 bits per heavy atom. The van der Waals surface area contributed by atoms with E-state index in [-0.39, 0.29) is 22.0 Å². The van der Waals surface area contributed by atoms with Crippen LogP contribution in [0.25, 0.3) is 10.3 Å². The van der Waals surface area contributed by atoms with Crippen LogP contribution in [0.1, 0.15) is 24.8 Å². The molecular formula is C22H23N5O5S2. The molecule has 5 rings (SSSR count). The van der Waals surface area contributed by atoms with Crippen molar-refractivity contribution in [1.82, 2.24) is 9.97 Å². The summed E-state index contributed by atoms with van der Waals surface area (Å²) in [6, 6.07) is 7.95. The third-order valence-electron chi connectivity index (χ3n) is 5.60. The summed E-state index contributed by atoms with van der Waals surface area (Å²) < 4.78 is 30.3. The van der Waals surface area contributed by atoms with Gasteiger partial charge in [0.15, 0.2) is 26.8 Å². The summed E-state index contributed by atoms with van der Waals surface area (Å²) in [7, 11) is -1.55. The zero-order valence-corrected chi connectivity index (χ0v) is 20.0. The highest BCUT2D eigenvalue weighted by Crippen LogP contribution is 2.33. The number of anilines is 2. The standard InChI is InChI=1S/C22H23N5O5S2/c1-23-17-8-10-24-21-19(17)25-22(33-21)26-20(28)18(27-32-14-9-11-31-12-14)13-2-4-15(5-3-13)34(29,30)16-6-7-16/h2-5,8,10,14,16H,6-7,9,11-12H2,1H3,(H,23,24)(H,25,26,28)/b27-18+/t14-/m1/s1. The van der Waals surface area contributed by atoms with Crippen molar-refractivity contribution in [3.8, 4) is 0 Å². The maximum atomic E-state index is 13.2. The Morgan fingerprint density at radius 3 is 2.68 bits per heavy atom. The zero-order chi connectivity index (χ0) is 23.7. The molecule has 0 radical (unpaired) electrons. The second-order valence-corrected chi connectivity index (χ2v) is 11.2. The Kier molecular flexibility index (Phi) is 6.19. The van der Waals surface area contributed by atoms with Crippen LogP contribution in [-0.4, -0.2) is 61.6 Å². The van der Waals surface area contributed by atoms with Crippen molar-refractivity contribution in [2.75, 3.05) is 30.9 Å². The summed E-state index contributed by atoms with van der Waals surface area (Å²) >= 11 is 1.24. The average Bonchev–Trinajstić information content (AvgIpc) is 3.43. The number of pyridine rings is 1. The van der Waals surface area contributed by atoms with Gasteiger partial charge in [-0.3, -0.25) is 10.1 Å². The summed E-state index contributed by atoms with van der Waals surface area (Å²) in [4.78, 5) is 28.5. The number of hydrogen-bond donors (Lipinski definition) is 2. The molecule has 1 saturated carbocycles. The van der Waals surface area contributed by atoms with Crippen LogP contribution < -0.4 is 10.6 Å². The normalized spacial score (nSPS) is 18.7. The number of nitrogens with zero attached hydrogens (tertiary/aromatic N) is 3. The number of hydrogen-bond acceptors (Lipinski definition) is 10. The van der Waals surface area contributed by atoms with E-state index >= 15 is 0 Å². The molecule has 1 saturated heterocycles. The molecule has 1 amide bonds. The van der Waals surface area contributed by atoms with Gasteiger partial charge in [0, 0.05) is 25.2 Å². The van der Waals surface area contributed by atoms with Gasteiger partial charge in [-0.1, -0.05) is 28.6 Å². The zero-order valence-electron chi connectivity index (χ0n) is 18.4. The Morgan fingerprint density at radius 2 is 2.00 bits per heavy atom. The van der Waals surface area contributed by atoms with Crippen molar-refractivity contribution in [1.29, 1.82) is 0 Å². The maximum Gasteiger partial charge on any atom is 0.280 e. The number of oxime groups is 1. The molecule has 2 aromatic heterocycles. The van der Waals surface area contributed by atoms with Gasteiger partial charge < -0.3 is 14.9 Å². The van der Waals surface area contributed by atoms with E-state index < -0.39 is 15.7 Å². The Bertz CT molecular complexity index is 1340. The highest BCUT2D eigenvalue weighted by Gasteiger charge is 2.36. The number of sulfone groups is 1. The van der Waals surface area contributed by atoms with Gasteiger partial charge in [0.25, 0.3) is 5.91 Å². The quantitative estimate of drug-likeness (QED) is 0.356. The number of carbonyl (C=O) groups excluding carboxylic acids is 1. The average molecular weight is 502 g/mol. The van der Waals surface area contributed by atoms with E-state index in [2.05, 4.69) is 25.8 Å². The van der Waals surface area contributed by atoms with E-state index in [9.17, 15) is 13.2 Å². The van der Waals surface area contributed by atoms with E-state index in [1.54, 1.807) is 31.4 Å². The van der Waals surface area contributed by atoms with Gasteiger partial charge in [0.05, 0.1) is 29.0 Å². The summed E-state index contributed by atoms with van der Waals surface area (Å²) in [6.07, 6.45) is 3.46. The van der Waals surface area contributed by atoms with Gasteiger partial charge in [-0.05, 0) is 31.0 Å². The molecular weight excluding hydrogens is 478 g/mol. The van der Waals surface area contributed by atoms with Crippen LogP contribution in [0.5, 0.6) is 0 Å². The minimum atomic E-state index is -3.33. The van der Waals surface area contributed by atoms with Crippen molar-refractivity contribution in [3.05, 3.63) is 42.1 Å². The SMILES string of the molecule is CNc1ccnc2sc(NC(=O)/C(=N/O[C@@H]3CCOC3)c3ccc(S(=O)(=O)C4CC4)cc3)nc12. The van der Waals surface area contributed by atoms with Gasteiger partial charge in [-0.2, -0.15) is 0 Å². The highest BCUT2D eigenvalue weighted by atomic mass is 32.2. The number of thiazole rings is 1. The predicted octanol–water partition coefficient (Wildman–Crippen LogP) is 2.82. The van der Waals surface area contributed by atoms with E-state index in [4.69, 9.17) is 9.57 Å². The molecule has 12 heteroatoms. The van der Waals surface area contributed by atoms with Crippen molar-refractivity contribution in [2.24, 2.45) is 5.16 Å². The predicted molar refractivity (Wildman–Crippen MR) is 129 cm³/mol. The lowest BCUT2D eigenvalue weighted by Crippen LogP contribution is -2.25. The maximum absolute atomic E-state index is 13.2. The van der Waals surface area contributed by atoms with Crippen LogP contribution in [0.4, 0.5) is 10.8 Å². The first-order chi connectivity index (χ1) is 16.5. The highest BCUT2D eigenvalue weighted by molar-refractivity contribution is 7.92. The summed E-state index contributed by atoms with van der Waals surface area (Å²) in [5, 5.41) is 10.00. The molecule has 2 fully saturated rings. The van der Waals surface area contributed by atoms with E-state index in [1.165, 1.54) is 23.5 Å². The van der Waals surface area contributed by atoms with Crippen molar-refractivity contribution in [2.45, 2.75) is 35.5 Å². The lowest BCUT2D eigenvalue weighted by atomic mass is 10.1. The molecule has 0 bridgehead atoms. The first kappa shape index (κ1) is 22.7. The number of aromatic nitrogens is 2. The first-order valence-corrected chi connectivity index (χ1v) is 13.2. The van der Waals surface area contributed by atoms with Gasteiger partial charge in [-0.15, -0.1) is 0 Å². The molecule has 2 aliphatic rings. The number of fused-ring (bicyclic) bond motifs is 1. The van der Waals surface area contributed by atoms with E-state index in [1.807, 2.05) is 0 Å². The fraction of sp³-hybridized carbons (Fsp3) is 0.364. The van der Waals surface area contributed by atoms with E-state index in [0.29, 0.717) is 53.5 Å². The first-order valence-electron chi connectivity index (χ1n) is 10.9. The molecule has 2 N–H and O–H groups in total. The number of rotatable bonds is 8. The number of amides is 1. The lowest BCUT2D eigenvalue weighted by molar-refractivity contribution is -0.110. The molecule has 1 aliphatic heterocycles. The summed E-state index contributed by atoms with van der Waals surface area (Å²) in [6.45, 7) is 0.968. The Labute approximate surface area is 200 Å². The molecule has 3 aromatic rings. The number of benzene rings is 1. The monoisotopic (exact) mass is 501 g/mol. The summed E-state index contributed by atoms with van der Waals surface area (Å²) in [5.74, 6) is -0.526. The largest absolute Gasteiger partial charge is 0.389 e. The van der Waals surface area contributed by atoms with Crippen molar-refractivity contribution in [3.63, 3.8) is 0 Å². The number of carbonyl (C=O) groups is 1. The van der Waals surface area contributed by atoms with Crippen LogP contribution >= 0.6 is 11.3 Å². The van der Waals surface area contributed by atoms with Crippen LogP contribution in [0, 0.1) is 0 Å². The topological polar surface area (TPSA) is 132 Å².